The Balaban J connectivity index is 4.77. The molecule has 0 spiro atoms. The van der Waals surface area contributed by atoms with Crippen LogP contribution in [0.5, 0.6) is 0 Å². The van der Waals surface area contributed by atoms with Crippen molar-refractivity contribution in [3.63, 3.8) is 0 Å². The lowest BCUT2D eigenvalue weighted by atomic mass is 10.0. The van der Waals surface area contributed by atoms with Gasteiger partial charge in [0.1, 0.15) is 0 Å². The van der Waals surface area contributed by atoms with Crippen molar-refractivity contribution in [3.05, 3.63) is 24.3 Å². The van der Waals surface area contributed by atoms with Crippen LogP contribution >= 0.6 is 0 Å². The molecule has 0 aliphatic carbocycles. The first-order valence-corrected chi connectivity index (χ1v) is 5.85. The number of aliphatic imine (C=N–C) groups is 1. The Morgan fingerprint density at radius 2 is 2.06 bits per heavy atom. The second-order valence-electron chi connectivity index (χ2n) is 5.05. The second kappa shape index (κ2) is 7.41. The average molecular weight is 238 g/mol. The molecule has 0 bridgehead atoms. The van der Waals surface area contributed by atoms with E-state index in [2.05, 4.69) is 44.3 Å². The molecule has 0 fully saturated rings. The maximum absolute atomic E-state index is 5.52. The molecule has 0 aromatic carbocycles. The fourth-order valence-corrected chi connectivity index (χ4v) is 1.31. The van der Waals surface area contributed by atoms with Crippen molar-refractivity contribution < 1.29 is 4.74 Å². The van der Waals surface area contributed by atoms with E-state index in [-0.39, 0.29) is 11.6 Å². The van der Waals surface area contributed by atoms with Crippen LogP contribution in [-0.2, 0) is 4.74 Å². The average Bonchev–Trinajstić information content (AvgIpc) is 2.26. The normalized spacial score (nSPS) is 15.6. The van der Waals surface area contributed by atoms with Crippen molar-refractivity contribution >= 4 is 6.21 Å². The van der Waals surface area contributed by atoms with Crippen LogP contribution in [0.25, 0.3) is 0 Å². The van der Waals surface area contributed by atoms with Crippen molar-refractivity contribution in [3.8, 4) is 0 Å². The smallest absolute Gasteiger partial charge is 0.0948 e. The summed E-state index contributed by atoms with van der Waals surface area (Å²) in [6.07, 6.45) is 5.55. The lowest BCUT2D eigenvalue weighted by molar-refractivity contribution is 0.0661. The van der Waals surface area contributed by atoms with E-state index < -0.39 is 0 Å². The van der Waals surface area contributed by atoms with Crippen molar-refractivity contribution in [2.75, 3.05) is 27.7 Å². The number of allylic oxidation sites excluding steroid dienone is 1. The minimum absolute atomic E-state index is 0.0229. The molecule has 98 valence electrons. The molecule has 17 heavy (non-hydrogen) atoms. The third-order valence-electron chi connectivity index (χ3n) is 2.89. The zero-order valence-corrected chi connectivity index (χ0v) is 12.0. The van der Waals surface area contributed by atoms with Gasteiger partial charge in [0.25, 0.3) is 0 Å². The molecule has 0 N–H and O–H groups in total. The predicted octanol–water partition coefficient (Wildman–Crippen LogP) is 2.54. The quantitative estimate of drug-likeness (QED) is 0.525. The van der Waals surface area contributed by atoms with E-state index in [4.69, 9.17) is 4.74 Å². The zero-order chi connectivity index (χ0) is 13.5. The van der Waals surface area contributed by atoms with Gasteiger partial charge in [-0.1, -0.05) is 12.7 Å². The standard InChI is InChI=1S/C14H26N2O/c1-8-12(9-10-15-5)13(17-7)11-16(6)14(2,3)4/h8-10,13H,1,11H2,2-7H3/b12-9+,15-10?. The Labute approximate surface area is 106 Å². The first-order valence-electron chi connectivity index (χ1n) is 5.85. The lowest BCUT2D eigenvalue weighted by Gasteiger charge is -2.34. The Bertz CT molecular complexity index is 287. The molecule has 0 radical (unpaired) electrons. The lowest BCUT2D eigenvalue weighted by Crippen LogP contribution is -2.43. The molecule has 0 saturated heterocycles. The molecule has 0 rings (SSSR count). The van der Waals surface area contributed by atoms with Crippen molar-refractivity contribution in [2.24, 2.45) is 4.99 Å². The predicted molar refractivity (Wildman–Crippen MR) is 75.9 cm³/mol. The first-order chi connectivity index (χ1) is 7.86. The highest BCUT2D eigenvalue weighted by Gasteiger charge is 2.21. The molecular formula is C14H26N2O. The Morgan fingerprint density at radius 1 is 1.47 bits per heavy atom. The minimum atomic E-state index is 0.0229. The van der Waals surface area contributed by atoms with Gasteiger partial charge < -0.3 is 4.74 Å². The van der Waals surface area contributed by atoms with Crippen LogP contribution in [-0.4, -0.2) is 50.5 Å². The molecule has 1 unspecified atom stereocenters. The van der Waals surface area contributed by atoms with Gasteiger partial charge in [-0.2, -0.15) is 0 Å². The summed E-state index contributed by atoms with van der Waals surface area (Å²) in [7, 11) is 5.57. The van der Waals surface area contributed by atoms with Crippen LogP contribution in [0.1, 0.15) is 20.8 Å². The van der Waals surface area contributed by atoms with E-state index in [0.717, 1.165) is 12.1 Å². The summed E-state index contributed by atoms with van der Waals surface area (Å²) in [6, 6.07) is 0. The summed E-state index contributed by atoms with van der Waals surface area (Å²) >= 11 is 0. The third kappa shape index (κ3) is 5.80. The van der Waals surface area contributed by atoms with Gasteiger partial charge in [-0.25, -0.2) is 0 Å². The van der Waals surface area contributed by atoms with Crippen LogP contribution < -0.4 is 0 Å². The fourth-order valence-electron chi connectivity index (χ4n) is 1.31. The highest BCUT2D eigenvalue weighted by atomic mass is 16.5. The minimum Gasteiger partial charge on any atom is -0.375 e. The molecule has 0 aliphatic heterocycles. The highest BCUT2D eigenvalue weighted by molar-refractivity contribution is 5.73. The van der Waals surface area contributed by atoms with Crippen molar-refractivity contribution in [1.82, 2.24) is 4.90 Å². The molecule has 1 atom stereocenters. The number of ether oxygens (including phenoxy) is 1. The van der Waals surface area contributed by atoms with Crippen molar-refractivity contribution in [2.45, 2.75) is 32.4 Å². The monoisotopic (exact) mass is 238 g/mol. The van der Waals surface area contributed by atoms with E-state index in [1.165, 1.54) is 0 Å². The number of methoxy groups -OCH3 is 1. The Kier molecular flexibility index (Phi) is 7.00. The summed E-state index contributed by atoms with van der Waals surface area (Å²) in [4.78, 5) is 6.22. The number of nitrogens with zero attached hydrogens (tertiary/aromatic N) is 2. The maximum atomic E-state index is 5.52. The molecule has 0 aromatic heterocycles. The van der Waals surface area contributed by atoms with Crippen LogP contribution in [0.15, 0.2) is 29.3 Å². The molecule has 3 nitrogen and oxygen atoms in total. The van der Waals surface area contributed by atoms with Gasteiger partial charge in [0, 0.05) is 32.5 Å². The van der Waals surface area contributed by atoms with E-state index in [0.29, 0.717) is 0 Å². The number of rotatable bonds is 6. The number of hydrogen-bond donors (Lipinski definition) is 0. The molecule has 0 saturated carbocycles. The van der Waals surface area contributed by atoms with Gasteiger partial charge in [0.15, 0.2) is 0 Å². The van der Waals surface area contributed by atoms with E-state index in [9.17, 15) is 0 Å². The van der Waals surface area contributed by atoms with Crippen LogP contribution in [0.4, 0.5) is 0 Å². The molecule has 0 heterocycles. The molecule has 0 aliphatic rings. The Morgan fingerprint density at radius 3 is 2.41 bits per heavy atom. The second-order valence-corrected chi connectivity index (χ2v) is 5.05. The summed E-state index contributed by atoms with van der Waals surface area (Å²) < 4.78 is 5.52. The molecule has 0 aromatic rings. The zero-order valence-electron chi connectivity index (χ0n) is 12.0. The summed E-state index contributed by atoms with van der Waals surface area (Å²) in [6.45, 7) is 11.2. The number of hydrogen-bond acceptors (Lipinski definition) is 3. The highest BCUT2D eigenvalue weighted by Crippen LogP contribution is 2.15. The van der Waals surface area contributed by atoms with Gasteiger partial charge >= 0.3 is 0 Å². The van der Waals surface area contributed by atoms with E-state index >= 15 is 0 Å². The first kappa shape index (κ1) is 16.1. The van der Waals surface area contributed by atoms with Crippen molar-refractivity contribution in [1.29, 1.82) is 0 Å². The van der Waals surface area contributed by atoms with E-state index in [1.54, 1.807) is 20.4 Å². The maximum Gasteiger partial charge on any atom is 0.0948 e. The van der Waals surface area contributed by atoms with Gasteiger partial charge in [-0.3, -0.25) is 9.89 Å². The topological polar surface area (TPSA) is 24.8 Å². The van der Waals surface area contributed by atoms with Gasteiger partial charge in [0.05, 0.1) is 6.10 Å². The van der Waals surface area contributed by atoms with Crippen LogP contribution in [0.3, 0.4) is 0 Å². The summed E-state index contributed by atoms with van der Waals surface area (Å²) in [5, 5.41) is 0. The van der Waals surface area contributed by atoms with Gasteiger partial charge in [-0.05, 0) is 39.5 Å². The third-order valence-corrected chi connectivity index (χ3v) is 2.89. The SMILES string of the molecule is C=C/C(=C\C=NC)C(CN(C)C(C)(C)C)OC. The molecule has 0 amide bonds. The molecular weight excluding hydrogens is 212 g/mol. The summed E-state index contributed by atoms with van der Waals surface area (Å²) in [5.74, 6) is 0. The van der Waals surface area contributed by atoms with E-state index in [1.807, 2.05) is 12.2 Å². The number of likely N-dealkylation sites (N-methyl/N-ethyl adjacent to an activating group) is 1. The van der Waals surface area contributed by atoms with Crippen LogP contribution in [0.2, 0.25) is 0 Å². The van der Waals surface area contributed by atoms with Crippen LogP contribution in [0, 0.1) is 0 Å². The van der Waals surface area contributed by atoms with Gasteiger partial charge in [0.2, 0.25) is 0 Å². The summed E-state index contributed by atoms with van der Waals surface area (Å²) in [5.41, 5.74) is 1.18. The fraction of sp³-hybridized carbons (Fsp3) is 0.643. The largest absolute Gasteiger partial charge is 0.375 e. The van der Waals surface area contributed by atoms with Gasteiger partial charge in [-0.15, -0.1) is 0 Å². The molecule has 3 heteroatoms. The Hall–Kier alpha value is -0.930.